The molecule has 0 aliphatic carbocycles. The molecule has 102 valence electrons. The lowest BCUT2D eigenvalue weighted by atomic mass is 10.1. The molecule has 0 radical (unpaired) electrons. The number of halogens is 1. The molecule has 1 aromatic carbocycles. The first kappa shape index (κ1) is 15.2. The molecule has 1 amide bonds. The summed E-state index contributed by atoms with van der Waals surface area (Å²) in [5.41, 5.74) is 2.67. The number of esters is 1. The fourth-order valence-electron chi connectivity index (χ4n) is 1.68. The van der Waals surface area contributed by atoms with E-state index in [1.54, 1.807) is 6.08 Å². The molecule has 0 saturated heterocycles. The molecule has 0 fully saturated rings. The molecule has 0 atom stereocenters. The van der Waals surface area contributed by atoms with E-state index in [1.165, 1.54) is 14.0 Å². The summed E-state index contributed by atoms with van der Waals surface area (Å²) in [6, 6.07) is 3.67. The predicted octanol–water partition coefficient (Wildman–Crippen LogP) is 2.61. The van der Waals surface area contributed by atoms with Crippen LogP contribution in [0.1, 0.15) is 23.6 Å². The second kappa shape index (κ2) is 6.38. The van der Waals surface area contributed by atoms with Gasteiger partial charge in [0.15, 0.2) is 0 Å². The number of benzene rings is 1. The Hall–Kier alpha value is -1.81. The van der Waals surface area contributed by atoms with E-state index in [9.17, 15) is 9.59 Å². The first-order valence-corrected chi connectivity index (χ1v) is 6.07. The van der Waals surface area contributed by atoms with Crippen LogP contribution in [0.15, 0.2) is 17.8 Å². The van der Waals surface area contributed by atoms with Crippen molar-refractivity contribution in [1.29, 1.82) is 0 Å². The molecule has 5 heteroatoms. The molecule has 4 nitrogen and oxygen atoms in total. The van der Waals surface area contributed by atoms with Crippen LogP contribution >= 0.6 is 11.6 Å². The van der Waals surface area contributed by atoms with Gasteiger partial charge in [-0.3, -0.25) is 4.79 Å². The molecule has 0 bridgehead atoms. The summed E-state index contributed by atoms with van der Waals surface area (Å²) in [6.45, 7) is 5.08. The Morgan fingerprint density at radius 3 is 2.21 bits per heavy atom. The van der Waals surface area contributed by atoms with E-state index in [0.29, 0.717) is 5.02 Å². The standard InChI is InChI=1S/C14H16ClNO3/c1-8-5-11(6-9(2)13(8)15)7-12(14(18)19-4)16-10(3)17/h5-7H,1-4H3,(H,16,17)/b12-7+. The van der Waals surface area contributed by atoms with E-state index in [-0.39, 0.29) is 11.6 Å². The Bertz CT molecular complexity index is 527. The molecule has 0 aliphatic rings. The predicted molar refractivity (Wildman–Crippen MR) is 74.7 cm³/mol. The van der Waals surface area contributed by atoms with Gasteiger partial charge in [0.1, 0.15) is 5.70 Å². The molecule has 0 unspecified atom stereocenters. The number of carbonyl (C=O) groups excluding carboxylic acids is 2. The number of ether oxygens (including phenoxy) is 1. The highest BCUT2D eigenvalue weighted by Gasteiger charge is 2.11. The number of carbonyl (C=O) groups is 2. The Kier molecular flexibility index (Phi) is 5.12. The van der Waals surface area contributed by atoms with Gasteiger partial charge in [-0.2, -0.15) is 0 Å². The first-order chi connectivity index (χ1) is 8.85. The van der Waals surface area contributed by atoms with Crippen LogP contribution in [0.5, 0.6) is 0 Å². The van der Waals surface area contributed by atoms with Crippen molar-refractivity contribution in [2.75, 3.05) is 7.11 Å². The quantitative estimate of drug-likeness (QED) is 0.684. The summed E-state index contributed by atoms with van der Waals surface area (Å²) in [5, 5.41) is 3.14. The van der Waals surface area contributed by atoms with Crippen molar-refractivity contribution in [2.45, 2.75) is 20.8 Å². The van der Waals surface area contributed by atoms with Crippen molar-refractivity contribution >= 4 is 29.6 Å². The van der Waals surface area contributed by atoms with Gasteiger partial charge >= 0.3 is 5.97 Å². The lowest BCUT2D eigenvalue weighted by molar-refractivity contribution is -0.137. The van der Waals surface area contributed by atoms with E-state index in [0.717, 1.165) is 16.7 Å². The summed E-state index contributed by atoms with van der Waals surface area (Å²) in [4.78, 5) is 22.6. The lowest BCUT2D eigenvalue weighted by Crippen LogP contribution is -2.25. The Labute approximate surface area is 117 Å². The molecule has 1 aromatic rings. The second-order valence-electron chi connectivity index (χ2n) is 4.20. The van der Waals surface area contributed by atoms with Crippen LogP contribution in [0, 0.1) is 13.8 Å². The maximum absolute atomic E-state index is 11.6. The maximum atomic E-state index is 11.6. The van der Waals surface area contributed by atoms with Crippen molar-refractivity contribution in [2.24, 2.45) is 0 Å². The first-order valence-electron chi connectivity index (χ1n) is 5.69. The SMILES string of the molecule is COC(=O)/C(=C\c1cc(C)c(Cl)c(C)c1)NC(C)=O. The van der Waals surface area contributed by atoms with Crippen LogP contribution in [0.2, 0.25) is 5.02 Å². The lowest BCUT2D eigenvalue weighted by Gasteiger charge is -2.08. The fourth-order valence-corrected chi connectivity index (χ4v) is 1.78. The summed E-state index contributed by atoms with van der Waals surface area (Å²) >= 11 is 6.08. The van der Waals surface area contributed by atoms with E-state index >= 15 is 0 Å². The van der Waals surface area contributed by atoms with Gasteiger partial charge in [0.25, 0.3) is 0 Å². The van der Waals surface area contributed by atoms with Crippen LogP contribution in [-0.2, 0) is 14.3 Å². The van der Waals surface area contributed by atoms with Crippen molar-refractivity contribution in [3.05, 3.63) is 39.5 Å². The monoisotopic (exact) mass is 281 g/mol. The minimum Gasteiger partial charge on any atom is -0.464 e. The normalized spacial score (nSPS) is 11.1. The number of hydrogen-bond donors (Lipinski definition) is 1. The summed E-state index contributed by atoms with van der Waals surface area (Å²) in [6.07, 6.45) is 1.56. The smallest absolute Gasteiger partial charge is 0.354 e. The van der Waals surface area contributed by atoms with Gasteiger partial charge in [-0.1, -0.05) is 23.7 Å². The average molecular weight is 282 g/mol. The summed E-state index contributed by atoms with van der Waals surface area (Å²) in [5.74, 6) is -0.931. The van der Waals surface area contributed by atoms with Crippen molar-refractivity contribution in [3.63, 3.8) is 0 Å². The van der Waals surface area contributed by atoms with Crippen molar-refractivity contribution < 1.29 is 14.3 Å². The van der Waals surface area contributed by atoms with Crippen molar-refractivity contribution in [3.8, 4) is 0 Å². The van der Waals surface area contributed by atoms with Gasteiger partial charge in [0.05, 0.1) is 7.11 Å². The van der Waals surface area contributed by atoms with E-state index in [1.807, 2.05) is 26.0 Å². The van der Waals surface area contributed by atoms with Gasteiger partial charge < -0.3 is 10.1 Å². The molecule has 0 aromatic heterocycles. The van der Waals surface area contributed by atoms with Gasteiger partial charge in [0, 0.05) is 11.9 Å². The molecule has 1 rings (SSSR count). The van der Waals surface area contributed by atoms with Crippen LogP contribution < -0.4 is 5.32 Å². The summed E-state index contributed by atoms with van der Waals surface area (Å²) < 4.78 is 4.62. The Morgan fingerprint density at radius 2 is 1.79 bits per heavy atom. The molecule has 1 N–H and O–H groups in total. The molecule has 0 saturated carbocycles. The zero-order valence-corrected chi connectivity index (χ0v) is 12.1. The highest BCUT2D eigenvalue weighted by molar-refractivity contribution is 6.32. The van der Waals surface area contributed by atoms with Gasteiger partial charge in [0.2, 0.25) is 5.91 Å². The zero-order valence-electron chi connectivity index (χ0n) is 11.3. The van der Waals surface area contributed by atoms with E-state index in [4.69, 9.17) is 11.6 Å². The number of amides is 1. The Morgan fingerprint density at radius 1 is 1.26 bits per heavy atom. The van der Waals surface area contributed by atoms with Crippen LogP contribution in [0.25, 0.3) is 6.08 Å². The third-order valence-electron chi connectivity index (χ3n) is 2.49. The molecule has 0 aliphatic heterocycles. The van der Waals surface area contributed by atoms with Gasteiger partial charge in [-0.05, 0) is 36.6 Å². The minimum absolute atomic E-state index is 0.0936. The van der Waals surface area contributed by atoms with Gasteiger partial charge in [-0.15, -0.1) is 0 Å². The van der Waals surface area contributed by atoms with Gasteiger partial charge in [-0.25, -0.2) is 4.79 Å². The molecule has 0 spiro atoms. The highest BCUT2D eigenvalue weighted by Crippen LogP contribution is 2.23. The highest BCUT2D eigenvalue weighted by atomic mass is 35.5. The fraction of sp³-hybridized carbons (Fsp3) is 0.286. The second-order valence-corrected chi connectivity index (χ2v) is 4.58. The van der Waals surface area contributed by atoms with Crippen LogP contribution in [0.3, 0.4) is 0 Å². The topological polar surface area (TPSA) is 55.4 Å². The third kappa shape index (κ3) is 4.10. The Balaban J connectivity index is 3.21. The molecule has 0 heterocycles. The molecular weight excluding hydrogens is 266 g/mol. The van der Waals surface area contributed by atoms with Crippen LogP contribution in [0.4, 0.5) is 0 Å². The number of nitrogens with one attached hydrogen (secondary N) is 1. The number of hydrogen-bond acceptors (Lipinski definition) is 3. The zero-order chi connectivity index (χ0) is 14.6. The molecule has 19 heavy (non-hydrogen) atoms. The molecular formula is C14H16ClNO3. The van der Waals surface area contributed by atoms with E-state index < -0.39 is 5.97 Å². The minimum atomic E-state index is -0.597. The third-order valence-corrected chi connectivity index (χ3v) is 3.08. The van der Waals surface area contributed by atoms with E-state index in [2.05, 4.69) is 10.1 Å². The van der Waals surface area contributed by atoms with Crippen LogP contribution in [-0.4, -0.2) is 19.0 Å². The number of methoxy groups -OCH3 is 1. The summed E-state index contributed by atoms with van der Waals surface area (Å²) in [7, 11) is 1.26. The van der Waals surface area contributed by atoms with Crippen molar-refractivity contribution in [1.82, 2.24) is 5.32 Å². The maximum Gasteiger partial charge on any atom is 0.354 e. The number of rotatable bonds is 3. The average Bonchev–Trinajstić information content (AvgIpc) is 2.33. The number of aryl methyl sites for hydroxylation is 2. The largest absolute Gasteiger partial charge is 0.464 e.